The summed E-state index contributed by atoms with van der Waals surface area (Å²) in [5.74, 6) is 1.02. The Hall–Kier alpha value is -0.740. The van der Waals surface area contributed by atoms with E-state index in [-0.39, 0.29) is 0 Å². The molecule has 94 valence electrons. The lowest BCUT2D eigenvalue weighted by Gasteiger charge is -2.09. The SMILES string of the molecule is COCCCc1nc(=S)c2c([nH]1)CCCCC2. The number of hydrogen-bond acceptors (Lipinski definition) is 3. The van der Waals surface area contributed by atoms with Crippen LogP contribution in [0.3, 0.4) is 0 Å². The fourth-order valence-electron chi connectivity index (χ4n) is 2.35. The molecule has 0 radical (unpaired) electrons. The molecule has 0 bridgehead atoms. The highest BCUT2D eigenvalue weighted by Crippen LogP contribution is 2.19. The highest BCUT2D eigenvalue weighted by molar-refractivity contribution is 7.71. The standard InChI is InChI=1S/C13H20N2OS/c1-16-9-5-8-12-14-11-7-4-2-3-6-10(11)13(17)15-12/h2-9H2,1H3,(H,14,15,17). The Morgan fingerprint density at radius 1 is 1.29 bits per heavy atom. The number of hydrogen-bond donors (Lipinski definition) is 1. The first kappa shape index (κ1) is 12.7. The van der Waals surface area contributed by atoms with Gasteiger partial charge in [0.1, 0.15) is 10.5 Å². The summed E-state index contributed by atoms with van der Waals surface area (Å²) in [6.07, 6.45) is 7.94. The molecule has 1 N–H and O–H groups in total. The largest absolute Gasteiger partial charge is 0.385 e. The number of ether oxygens (including phenoxy) is 1. The van der Waals surface area contributed by atoms with Gasteiger partial charge in [-0.05, 0) is 32.1 Å². The van der Waals surface area contributed by atoms with E-state index in [4.69, 9.17) is 17.0 Å². The van der Waals surface area contributed by atoms with Crippen molar-refractivity contribution in [2.45, 2.75) is 44.9 Å². The Kier molecular flexibility index (Phi) is 4.68. The number of nitrogens with one attached hydrogen (secondary N) is 1. The lowest BCUT2D eigenvalue weighted by atomic mass is 10.1. The van der Waals surface area contributed by atoms with Gasteiger partial charge in [-0.15, -0.1) is 0 Å². The third-order valence-corrected chi connectivity index (χ3v) is 3.61. The number of H-pyrrole nitrogens is 1. The average Bonchev–Trinajstić information content (AvgIpc) is 2.55. The summed E-state index contributed by atoms with van der Waals surface area (Å²) >= 11 is 5.40. The molecule has 17 heavy (non-hydrogen) atoms. The van der Waals surface area contributed by atoms with Crippen molar-refractivity contribution >= 4 is 12.2 Å². The van der Waals surface area contributed by atoms with Gasteiger partial charge >= 0.3 is 0 Å². The zero-order valence-electron chi connectivity index (χ0n) is 10.4. The maximum atomic E-state index is 5.40. The first-order valence-corrected chi connectivity index (χ1v) is 6.82. The molecule has 0 fully saturated rings. The van der Waals surface area contributed by atoms with Gasteiger partial charge in [0.05, 0.1) is 0 Å². The third kappa shape index (κ3) is 3.36. The van der Waals surface area contributed by atoms with E-state index >= 15 is 0 Å². The Balaban J connectivity index is 2.17. The second kappa shape index (κ2) is 6.26. The van der Waals surface area contributed by atoms with Gasteiger partial charge in [0.2, 0.25) is 0 Å². The molecular weight excluding hydrogens is 232 g/mol. The highest BCUT2D eigenvalue weighted by atomic mass is 32.1. The van der Waals surface area contributed by atoms with E-state index < -0.39 is 0 Å². The zero-order chi connectivity index (χ0) is 12.1. The summed E-state index contributed by atoms with van der Waals surface area (Å²) in [5, 5.41) is 0. The maximum absolute atomic E-state index is 5.40. The molecule has 0 aromatic carbocycles. The molecule has 1 heterocycles. The van der Waals surface area contributed by atoms with Crippen LogP contribution in [-0.2, 0) is 24.0 Å². The Morgan fingerprint density at radius 2 is 2.12 bits per heavy atom. The molecule has 0 saturated heterocycles. The van der Waals surface area contributed by atoms with E-state index in [0.29, 0.717) is 0 Å². The predicted octanol–water partition coefficient (Wildman–Crippen LogP) is 2.99. The summed E-state index contributed by atoms with van der Waals surface area (Å²) < 4.78 is 5.87. The Bertz CT molecular complexity index is 428. The van der Waals surface area contributed by atoms with Gasteiger partial charge in [-0.2, -0.15) is 0 Å². The minimum absolute atomic E-state index is 0.777. The summed E-state index contributed by atoms with van der Waals surface area (Å²) in [4.78, 5) is 7.97. The van der Waals surface area contributed by atoms with Crippen LogP contribution in [0.1, 0.15) is 42.8 Å². The van der Waals surface area contributed by atoms with Crippen LogP contribution in [0.5, 0.6) is 0 Å². The van der Waals surface area contributed by atoms with Crippen molar-refractivity contribution in [1.29, 1.82) is 0 Å². The van der Waals surface area contributed by atoms with Crippen LogP contribution >= 0.6 is 12.2 Å². The zero-order valence-corrected chi connectivity index (χ0v) is 11.2. The van der Waals surface area contributed by atoms with Crippen molar-refractivity contribution in [3.8, 4) is 0 Å². The molecule has 1 aliphatic carbocycles. The van der Waals surface area contributed by atoms with E-state index in [0.717, 1.165) is 42.8 Å². The van der Waals surface area contributed by atoms with E-state index in [9.17, 15) is 0 Å². The second-order valence-electron chi connectivity index (χ2n) is 4.60. The molecule has 1 aliphatic rings. The Labute approximate surface area is 108 Å². The minimum atomic E-state index is 0.777. The smallest absolute Gasteiger partial charge is 0.133 e. The molecule has 0 spiro atoms. The number of aromatic amines is 1. The number of methoxy groups -OCH3 is 1. The molecule has 0 aliphatic heterocycles. The van der Waals surface area contributed by atoms with Crippen LogP contribution in [0.15, 0.2) is 0 Å². The highest BCUT2D eigenvalue weighted by Gasteiger charge is 2.11. The van der Waals surface area contributed by atoms with Crippen LogP contribution in [0.25, 0.3) is 0 Å². The monoisotopic (exact) mass is 252 g/mol. The summed E-state index contributed by atoms with van der Waals surface area (Å²) in [5.41, 5.74) is 2.61. The summed E-state index contributed by atoms with van der Waals surface area (Å²) in [7, 11) is 1.73. The number of nitrogens with zero attached hydrogens (tertiary/aromatic N) is 1. The van der Waals surface area contributed by atoms with Crippen LogP contribution < -0.4 is 0 Å². The number of fused-ring (bicyclic) bond motifs is 1. The molecule has 0 amide bonds. The normalized spacial score (nSPS) is 15.4. The van der Waals surface area contributed by atoms with Gasteiger partial charge < -0.3 is 9.72 Å². The van der Waals surface area contributed by atoms with Crippen molar-refractivity contribution in [2.75, 3.05) is 13.7 Å². The summed E-state index contributed by atoms with van der Waals surface area (Å²) in [6, 6.07) is 0. The van der Waals surface area contributed by atoms with E-state index in [1.54, 1.807) is 7.11 Å². The van der Waals surface area contributed by atoms with Gasteiger partial charge in [0, 0.05) is 31.4 Å². The number of rotatable bonds is 4. The van der Waals surface area contributed by atoms with Crippen molar-refractivity contribution in [2.24, 2.45) is 0 Å². The molecule has 1 aromatic heterocycles. The van der Waals surface area contributed by atoms with Crippen LogP contribution in [0.2, 0.25) is 0 Å². The van der Waals surface area contributed by atoms with E-state index in [2.05, 4.69) is 9.97 Å². The lowest BCUT2D eigenvalue weighted by Crippen LogP contribution is -2.05. The maximum Gasteiger partial charge on any atom is 0.133 e. The number of aryl methyl sites for hydroxylation is 2. The molecule has 4 heteroatoms. The van der Waals surface area contributed by atoms with Gasteiger partial charge in [0.15, 0.2) is 0 Å². The fourth-order valence-corrected chi connectivity index (χ4v) is 2.69. The van der Waals surface area contributed by atoms with Crippen molar-refractivity contribution in [1.82, 2.24) is 9.97 Å². The van der Waals surface area contributed by atoms with E-state index in [1.807, 2.05) is 0 Å². The molecule has 0 unspecified atom stereocenters. The van der Waals surface area contributed by atoms with Crippen LogP contribution in [-0.4, -0.2) is 23.7 Å². The predicted molar refractivity (Wildman–Crippen MR) is 70.9 cm³/mol. The minimum Gasteiger partial charge on any atom is -0.385 e. The number of aromatic nitrogens is 2. The van der Waals surface area contributed by atoms with Gasteiger partial charge in [-0.3, -0.25) is 0 Å². The molecule has 0 saturated carbocycles. The molecule has 0 atom stereocenters. The first-order chi connectivity index (χ1) is 8.31. The Morgan fingerprint density at radius 3 is 2.94 bits per heavy atom. The second-order valence-corrected chi connectivity index (χ2v) is 4.99. The van der Waals surface area contributed by atoms with Gasteiger partial charge in [-0.1, -0.05) is 18.6 Å². The van der Waals surface area contributed by atoms with Crippen molar-refractivity contribution < 1.29 is 4.74 Å². The van der Waals surface area contributed by atoms with Gasteiger partial charge in [-0.25, -0.2) is 4.98 Å². The third-order valence-electron chi connectivity index (χ3n) is 3.27. The lowest BCUT2D eigenvalue weighted by molar-refractivity contribution is 0.194. The molecular formula is C13H20N2OS. The van der Waals surface area contributed by atoms with Crippen LogP contribution in [0.4, 0.5) is 0 Å². The fraction of sp³-hybridized carbons (Fsp3) is 0.692. The average molecular weight is 252 g/mol. The topological polar surface area (TPSA) is 37.9 Å². The van der Waals surface area contributed by atoms with Crippen LogP contribution in [0, 0.1) is 4.64 Å². The quantitative estimate of drug-likeness (QED) is 0.508. The first-order valence-electron chi connectivity index (χ1n) is 6.41. The van der Waals surface area contributed by atoms with Crippen molar-refractivity contribution in [3.63, 3.8) is 0 Å². The molecule has 2 rings (SSSR count). The molecule has 1 aromatic rings. The van der Waals surface area contributed by atoms with E-state index in [1.165, 1.54) is 30.5 Å². The van der Waals surface area contributed by atoms with Crippen molar-refractivity contribution in [3.05, 3.63) is 21.7 Å². The van der Waals surface area contributed by atoms with Gasteiger partial charge in [0.25, 0.3) is 0 Å². The summed E-state index contributed by atoms with van der Waals surface area (Å²) in [6.45, 7) is 0.777. The molecule has 3 nitrogen and oxygen atoms in total.